The molecule has 0 aromatic heterocycles. The molecule has 2 rings (SSSR count). The van der Waals surface area contributed by atoms with E-state index in [-0.39, 0.29) is 12.5 Å². The number of nitrogens with zero attached hydrogens (tertiary/aromatic N) is 1. The van der Waals surface area contributed by atoms with E-state index < -0.39 is 12.6 Å². The van der Waals surface area contributed by atoms with Gasteiger partial charge < -0.3 is 14.7 Å². The summed E-state index contributed by atoms with van der Waals surface area (Å²) in [6.07, 6.45) is 0.298. The van der Waals surface area contributed by atoms with Gasteiger partial charge in [0.25, 0.3) is 5.91 Å². The van der Waals surface area contributed by atoms with Gasteiger partial charge in [-0.15, -0.1) is 0 Å². The zero-order valence-corrected chi connectivity index (χ0v) is 15.3. The SMILES string of the molecule is CCC(=O)N(Cc1ccc(OCC(=O)O)cc1)Oc1ccc(Cl)cc1C. The molecule has 0 unspecified atom stereocenters. The van der Waals surface area contributed by atoms with Crippen LogP contribution in [0.4, 0.5) is 0 Å². The van der Waals surface area contributed by atoms with Crippen LogP contribution in [0.1, 0.15) is 24.5 Å². The second kappa shape index (κ2) is 9.10. The van der Waals surface area contributed by atoms with Crippen molar-refractivity contribution in [2.24, 2.45) is 0 Å². The summed E-state index contributed by atoms with van der Waals surface area (Å²) in [5.74, 6) is -0.206. The van der Waals surface area contributed by atoms with E-state index in [1.165, 1.54) is 5.06 Å². The summed E-state index contributed by atoms with van der Waals surface area (Å²) in [6, 6.07) is 12.0. The van der Waals surface area contributed by atoms with Gasteiger partial charge in [-0.3, -0.25) is 4.79 Å². The van der Waals surface area contributed by atoms with E-state index >= 15 is 0 Å². The molecule has 0 aliphatic rings. The summed E-state index contributed by atoms with van der Waals surface area (Å²) >= 11 is 5.95. The summed E-state index contributed by atoms with van der Waals surface area (Å²) < 4.78 is 5.09. The van der Waals surface area contributed by atoms with Gasteiger partial charge in [0.05, 0.1) is 6.54 Å². The van der Waals surface area contributed by atoms with Crippen LogP contribution in [0, 0.1) is 6.92 Å². The van der Waals surface area contributed by atoms with Crippen molar-refractivity contribution in [2.75, 3.05) is 6.61 Å². The van der Waals surface area contributed by atoms with Gasteiger partial charge >= 0.3 is 5.97 Å². The number of hydrogen-bond acceptors (Lipinski definition) is 4. The first kappa shape index (κ1) is 19.6. The largest absolute Gasteiger partial charge is 0.482 e. The monoisotopic (exact) mass is 377 g/mol. The molecule has 138 valence electrons. The highest BCUT2D eigenvalue weighted by atomic mass is 35.5. The summed E-state index contributed by atoms with van der Waals surface area (Å²) in [6.45, 7) is 3.45. The maximum Gasteiger partial charge on any atom is 0.341 e. The fraction of sp³-hybridized carbons (Fsp3) is 0.263. The number of amides is 1. The van der Waals surface area contributed by atoms with E-state index in [4.69, 9.17) is 26.3 Å². The van der Waals surface area contributed by atoms with Gasteiger partial charge in [-0.05, 0) is 48.4 Å². The molecule has 0 saturated carbocycles. The lowest BCUT2D eigenvalue weighted by atomic mass is 10.2. The molecule has 26 heavy (non-hydrogen) atoms. The first-order chi connectivity index (χ1) is 12.4. The molecule has 1 amide bonds. The van der Waals surface area contributed by atoms with Crippen LogP contribution in [0.25, 0.3) is 0 Å². The minimum absolute atomic E-state index is 0.162. The predicted octanol–water partition coefficient (Wildman–Crippen LogP) is 3.84. The van der Waals surface area contributed by atoms with Crippen LogP contribution in [-0.4, -0.2) is 28.7 Å². The molecule has 0 saturated heterocycles. The normalized spacial score (nSPS) is 10.3. The third kappa shape index (κ3) is 5.67. The second-order valence-electron chi connectivity index (χ2n) is 5.61. The Morgan fingerprint density at radius 1 is 1.15 bits per heavy atom. The van der Waals surface area contributed by atoms with E-state index in [0.29, 0.717) is 22.9 Å². The molecule has 0 aliphatic heterocycles. The molecule has 0 radical (unpaired) electrons. The second-order valence-corrected chi connectivity index (χ2v) is 6.05. The summed E-state index contributed by atoms with van der Waals surface area (Å²) in [4.78, 5) is 28.5. The van der Waals surface area contributed by atoms with E-state index in [0.717, 1.165) is 11.1 Å². The molecule has 2 aromatic carbocycles. The molecule has 6 nitrogen and oxygen atoms in total. The highest BCUT2D eigenvalue weighted by Gasteiger charge is 2.16. The lowest BCUT2D eigenvalue weighted by Crippen LogP contribution is -2.33. The third-order valence-corrected chi connectivity index (χ3v) is 3.77. The molecule has 2 aromatic rings. The Kier molecular flexibility index (Phi) is 6.86. The van der Waals surface area contributed by atoms with Gasteiger partial charge in [0, 0.05) is 11.4 Å². The lowest BCUT2D eigenvalue weighted by molar-refractivity contribution is -0.159. The molecule has 0 fully saturated rings. The number of aryl methyl sites for hydroxylation is 1. The zero-order valence-electron chi connectivity index (χ0n) is 14.6. The molecule has 0 bridgehead atoms. The molecule has 0 atom stereocenters. The number of carboxylic acids is 1. The zero-order chi connectivity index (χ0) is 19.1. The van der Waals surface area contributed by atoms with Gasteiger partial charge in [0.1, 0.15) is 5.75 Å². The maximum absolute atomic E-state index is 12.2. The molecular weight excluding hydrogens is 358 g/mol. The van der Waals surface area contributed by atoms with Crippen molar-refractivity contribution in [3.8, 4) is 11.5 Å². The number of halogens is 1. The minimum atomic E-state index is -1.04. The van der Waals surface area contributed by atoms with Crippen LogP contribution in [-0.2, 0) is 16.1 Å². The topological polar surface area (TPSA) is 76.1 Å². The van der Waals surface area contributed by atoms with Crippen molar-refractivity contribution in [3.63, 3.8) is 0 Å². The fourth-order valence-electron chi connectivity index (χ4n) is 2.18. The van der Waals surface area contributed by atoms with Crippen LogP contribution < -0.4 is 9.57 Å². The number of hydrogen-bond donors (Lipinski definition) is 1. The molecular formula is C19H20ClNO5. The highest BCUT2D eigenvalue weighted by Crippen LogP contribution is 2.24. The molecule has 0 heterocycles. The molecule has 7 heteroatoms. The maximum atomic E-state index is 12.2. The van der Waals surface area contributed by atoms with E-state index in [1.54, 1.807) is 49.4 Å². The quantitative estimate of drug-likeness (QED) is 0.707. The molecule has 0 spiro atoms. The third-order valence-electron chi connectivity index (χ3n) is 3.54. The predicted molar refractivity (Wildman–Crippen MR) is 97.2 cm³/mol. The van der Waals surface area contributed by atoms with Crippen LogP contribution in [0.2, 0.25) is 5.02 Å². The molecule has 1 N–H and O–H groups in total. The Labute approximate surface area is 156 Å². The number of ether oxygens (including phenoxy) is 1. The van der Waals surface area contributed by atoms with E-state index in [2.05, 4.69) is 0 Å². The van der Waals surface area contributed by atoms with Crippen molar-refractivity contribution in [3.05, 3.63) is 58.6 Å². The smallest absolute Gasteiger partial charge is 0.341 e. The van der Waals surface area contributed by atoms with Gasteiger partial charge in [-0.25, -0.2) is 4.79 Å². The number of carboxylic acid groups (broad SMARTS) is 1. The van der Waals surface area contributed by atoms with E-state index in [9.17, 15) is 9.59 Å². The van der Waals surface area contributed by atoms with Crippen LogP contribution in [0.3, 0.4) is 0 Å². The Morgan fingerprint density at radius 3 is 2.42 bits per heavy atom. The fourth-order valence-corrected chi connectivity index (χ4v) is 2.41. The van der Waals surface area contributed by atoms with Gasteiger partial charge in [0.2, 0.25) is 0 Å². The average Bonchev–Trinajstić information content (AvgIpc) is 2.61. The van der Waals surface area contributed by atoms with Crippen molar-refractivity contribution >= 4 is 23.5 Å². The van der Waals surface area contributed by atoms with Crippen molar-refractivity contribution in [1.82, 2.24) is 5.06 Å². The Bertz CT molecular complexity index is 776. The number of benzene rings is 2. The van der Waals surface area contributed by atoms with Gasteiger partial charge in [-0.2, -0.15) is 5.06 Å². The van der Waals surface area contributed by atoms with Gasteiger partial charge in [0.15, 0.2) is 12.4 Å². The Morgan fingerprint density at radius 2 is 1.85 bits per heavy atom. The van der Waals surface area contributed by atoms with Crippen LogP contribution in [0.5, 0.6) is 11.5 Å². The first-order valence-corrected chi connectivity index (χ1v) is 8.45. The first-order valence-electron chi connectivity index (χ1n) is 8.07. The Hall–Kier alpha value is -2.73. The van der Waals surface area contributed by atoms with Crippen molar-refractivity contribution in [1.29, 1.82) is 0 Å². The Balaban J connectivity index is 2.10. The van der Waals surface area contributed by atoms with Gasteiger partial charge in [-0.1, -0.05) is 30.7 Å². The van der Waals surface area contributed by atoms with Crippen LogP contribution in [0.15, 0.2) is 42.5 Å². The summed E-state index contributed by atoms with van der Waals surface area (Å²) in [7, 11) is 0. The number of carbonyl (C=O) groups is 2. The lowest BCUT2D eigenvalue weighted by Gasteiger charge is -2.23. The average molecular weight is 378 g/mol. The summed E-state index contributed by atoms with van der Waals surface area (Å²) in [5, 5.41) is 10.5. The summed E-state index contributed by atoms with van der Waals surface area (Å²) in [5.41, 5.74) is 1.64. The standard InChI is InChI=1S/C19H20ClNO5/c1-3-18(22)21(26-17-9-6-15(20)10-13(17)2)11-14-4-7-16(8-5-14)25-12-19(23)24/h4-10H,3,11-12H2,1-2H3,(H,23,24). The van der Waals surface area contributed by atoms with Crippen LogP contribution >= 0.6 is 11.6 Å². The number of rotatable bonds is 8. The molecule has 0 aliphatic carbocycles. The van der Waals surface area contributed by atoms with Crippen molar-refractivity contribution in [2.45, 2.75) is 26.8 Å². The highest BCUT2D eigenvalue weighted by molar-refractivity contribution is 6.30. The number of aliphatic carboxylic acids is 1. The minimum Gasteiger partial charge on any atom is -0.482 e. The number of hydroxylamine groups is 2. The number of carbonyl (C=O) groups excluding carboxylic acids is 1. The van der Waals surface area contributed by atoms with E-state index in [1.807, 2.05) is 6.92 Å². The van der Waals surface area contributed by atoms with Crippen molar-refractivity contribution < 1.29 is 24.3 Å².